The van der Waals surface area contributed by atoms with E-state index in [2.05, 4.69) is 20.6 Å². The number of benzene rings is 2. The van der Waals surface area contributed by atoms with Crippen LogP contribution < -0.4 is 15.5 Å². The SMILES string of the molecule is Cc1cc(Nc2cccc(NC(=O)c3ccc(N(C)C)cc3)c2)ncn1. The number of hydrogen-bond donors (Lipinski definition) is 2. The lowest BCUT2D eigenvalue weighted by atomic mass is 10.2. The van der Waals surface area contributed by atoms with Crippen molar-refractivity contribution in [2.45, 2.75) is 6.92 Å². The number of hydrogen-bond acceptors (Lipinski definition) is 5. The highest BCUT2D eigenvalue weighted by atomic mass is 16.1. The lowest BCUT2D eigenvalue weighted by Crippen LogP contribution is -2.13. The molecule has 0 unspecified atom stereocenters. The van der Waals surface area contributed by atoms with E-state index in [4.69, 9.17) is 0 Å². The Hall–Kier alpha value is -3.41. The topological polar surface area (TPSA) is 70.2 Å². The molecule has 1 amide bonds. The summed E-state index contributed by atoms with van der Waals surface area (Å²) >= 11 is 0. The maximum atomic E-state index is 12.4. The van der Waals surface area contributed by atoms with Crippen LogP contribution in [0.25, 0.3) is 0 Å². The fraction of sp³-hybridized carbons (Fsp3) is 0.150. The molecule has 2 aromatic carbocycles. The van der Waals surface area contributed by atoms with E-state index in [0.29, 0.717) is 17.1 Å². The molecule has 1 aromatic heterocycles. The molecule has 6 heteroatoms. The minimum atomic E-state index is -0.148. The maximum absolute atomic E-state index is 12.4. The molecule has 0 radical (unpaired) electrons. The molecule has 0 saturated heterocycles. The Kier molecular flexibility index (Phi) is 5.12. The van der Waals surface area contributed by atoms with E-state index in [-0.39, 0.29) is 5.91 Å². The van der Waals surface area contributed by atoms with Gasteiger partial charge in [0.1, 0.15) is 12.1 Å². The van der Waals surface area contributed by atoms with Crippen LogP contribution in [0.15, 0.2) is 60.9 Å². The Balaban J connectivity index is 1.70. The smallest absolute Gasteiger partial charge is 0.255 e. The van der Waals surface area contributed by atoms with Gasteiger partial charge in [-0.2, -0.15) is 0 Å². The van der Waals surface area contributed by atoms with Crippen LogP contribution in [0.2, 0.25) is 0 Å². The van der Waals surface area contributed by atoms with Gasteiger partial charge in [-0.25, -0.2) is 9.97 Å². The van der Waals surface area contributed by atoms with Crippen molar-refractivity contribution in [2.75, 3.05) is 29.6 Å². The van der Waals surface area contributed by atoms with E-state index >= 15 is 0 Å². The van der Waals surface area contributed by atoms with Gasteiger partial charge in [0.05, 0.1) is 0 Å². The van der Waals surface area contributed by atoms with Crippen LogP contribution in [0, 0.1) is 6.92 Å². The van der Waals surface area contributed by atoms with Gasteiger partial charge in [-0.3, -0.25) is 4.79 Å². The highest BCUT2D eigenvalue weighted by Crippen LogP contribution is 2.20. The zero-order valence-electron chi connectivity index (χ0n) is 15.0. The number of aromatic nitrogens is 2. The second-order valence-corrected chi connectivity index (χ2v) is 6.15. The fourth-order valence-corrected chi connectivity index (χ4v) is 2.46. The molecule has 0 bridgehead atoms. The van der Waals surface area contributed by atoms with Crippen molar-refractivity contribution in [2.24, 2.45) is 0 Å². The lowest BCUT2D eigenvalue weighted by Gasteiger charge is -2.13. The summed E-state index contributed by atoms with van der Waals surface area (Å²) in [7, 11) is 3.93. The lowest BCUT2D eigenvalue weighted by molar-refractivity contribution is 0.102. The van der Waals surface area contributed by atoms with Crippen LogP contribution in [0.5, 0.6) is 0 Å². The normalized spacial score (nSPS) is 10.3. The highest BCUT2D eigenvalue weighted by Gasteiger charge is 2.07. The summed E-state index contributed by atoms with van der Waals surface area (Å²) in [6.45, 7) is 1.91. The molecule has 3 rings (SSSR count). The average Bonchev–Trinajstić information content (AvgIpc) is 2.62. The number of carbonyl (C=O) groups excluding carboxylic acids is 1. The Labute approximate surface area is 152 Å². The molecule has 6 nitrogen and oxygen atoms in total. The van der Waals surface area contributed by atoms with Crippen molar-refractivity contribution in [3.63, 3.8) is 0 Å². The number of nitrogens with zero attached hydrogens (tertiary/aromatic N) is 3. The van der Waals surface area contributed by atoms with Gasteiger partial charge < -0.3 is 15.5 Å². The second kappa shape index (κ2) is 7.65. The van der Waals surface area contributed by atoms with Crippen molar-refractivity contribution in [3.8, 4) is 0 Å². The molecule has 0 saturated carbocycles. The van der Waals surface area contributed by atoms with Crippen molar-refractivity contribution in [1.82, 2.24) is 9.97 Å². The molecule has 3 aromatic rings. The van der Waals surface area contributed by atoms with Gasteiger partial charge in [-0.05, 0) is 49.4 Å². The molecule has 26 heavy (non-hydrogen) atoms. The number of nitrogens with one attached hydrogen (secondary N) is 2. The van der Waals surface area contributed by atoms with Crippen LogP contribution >= 0.6 is 0 Å². The van der Waals surface area contributed by atoms with Crippen molar-refractivity contribution < 1.29 is 4.79 Å². The molecule has 0 spiro atoms. The van der Waals surface area contributed by atoms with Gasteiger partial charge in [0.2, 0.25) is 0 Å². The van der Waals surface area contributed by atoms with Gasteiger partial charge in [0.15, 0.2) is 0 Å². The quantitative estimate of drug-likeness (QED) is 0.734. The molecule has 2 N–H and O–H groups in total. The van der Waals surface area contributed by atoms with Crippen LogP contribution in [-0.2, 0) is 0 Å². The van der Waals surface area contributed by atoms with Gasteiger partial charge in [-0.1, -0.05) is 6.07 Å². The first kappa shape index (κ1) is 17.4. The zero-order chi connectivity index (χ0) is 18.5. The summed E-state index contributed by atoms with van der Waals surface area (Å²) in [4.78, 5) is 22.7. The molecule has 132 valence electrons. The third-order valence-corrected chi connectivity index (χ3v) is 3.84. The molecule has 0 aliphatic heterocycles. The van der Waals surface area contributed by atoms with Crippen LogP contribution in [-0.4, -0.2) is 30.0 Å². The largest absolute Gasteiger partial charge is 0.378 e. The van der Waals surface area contributed by atoms with Gasteiger partial charge >= 0.3 is 0 Å². The van der Waals surface area contributed by atoms with Gasteiger partial charge in [0, 0.05) is 48.5 Å². The van der Waals surface area contributed by atoms with E-state index in [1.54, 1.807) is 0 Å². The molecular weight excluding hydrogens is 326 g/mol. The van der Waals surface area contributed by atoms with E-state index in [1.807, 2.05) is 80.5 Å². The van der Waals surface area contributed by atoms with E-state index in [0.717, 1.165) is 17.1 Å². The van der Waals surface area contributed by atoms with Crippen molar-refractivity contribution in [1.29, 1.82) is 0 Å². The Morgan fingerprint density at radius 3 is 2.38 bits per heavy atom. The fourth-order valence-electron chi connectivity index (χ4n) is 2.46. The first-order chi connectivity index (χ1) is 12.5. The first-order valence-electron chi connectivity index (χ1n) is 8.26. The van der Waals surface area contributed by atoms with Crippen molar-refractivity contribution in [3.05, 3.63) is 72.2 Å². The third-order valence-electron chi connectivity index (χ3n) is 3.84. The summed E-state index contributed by atoms with van der Waals surface area (Å²) in [6, 6.07) is 16.8. The molecule has 0 aliphatic rings. The molecule has 1 heterocycles. The number of rotatable bonds is 5. The van der Waals surface area contributed by atoms with Crippen LogP contribution in [0.4, 0.5) is 22.9 Å². The zero-order valence-corrected chi connectivity index (χ0v) is 15.0. The minimum absolute atomic E-state index is 0.148. The average molecular weight is 347 g/mol. The third kappa shape index (κ3) is 4.36. The molecule has 0 fully saturated rings. The predicted molar refractivity (Wildman–Crippen MR) is 105 cm³/mol. The summed E-state index contributed by atoms with van der Waals surface area (Å²) in [5, 5.41) is 6.13. The summed E-state index contributed by atoms with van der Waals surface area (Å²) < 4.78 is 0. The van der Waals surface area contributed by atoms with Gasteiger partial charge in [0.25, 0.3) is 5.91 Å². The Morgan fingerprint density at radius 1 is 0.962 bits per heavy atom. The minimum Gasteiger partial charge on any atom is -0.378 e. The Bertz CT molecular complexity index is 906. The second-order valence-electron chi connectivity index (χ2n) is 6.15. The monoisotopic (exact) mass is 347 g/mol. The summed E-state index contributed by atoms with van der Waals surface area (Å²) in [5.41, 5.74) is 4.09. The highest BCUT2D eigenvalue weighted by molar-refractivity contribution is 6.04. The number of amides is 1. The maximum Gasteiger partial charge on any atom is 0.255 e. The number of carbonyl (C=O) groups is 1. The van der Waals surface area contributed by atoms with E-state index in [1.165, 1.54) is 6.33 Å². The van der Waals surface area contributed by atoms with Crippen LogP contribution in [0.3, 0.4) is 0 Å². The van der Waals surface area contributed by atoms with Gasteiger partial charge in [-0.15, -0.1) is 0 Å². The standard InChI is InChI=1S/C20H21N5O/c1-14-11-19(22-13-21-14)23-16-5-4-6-17(12-16)24-20(26)15-7-9-18(10-8-15)25(2)3/h4-13H,1-3H3,(H,24,26)(H,21,22,23). The van der Waals surface area contributed by atoms with Crippen molar-refractivity contribution >= 4 is 28.8 Å². The molecule has 0 aliphatic carbocycles. The molecular formula is C20H21N5O. The van der Waals surface area contributed by atoms with Crippen LogP contribution in [0.1, 0.15) is 16.1 Å². The number of aryl methyl sites for hydroxylation is 1. The number of anilines is 4. The first-order valence-corrected chi connectivity index (χ1v) is 8.26. The molecule has 0 atom stereocenters. The Morgan fingerprint density at radius 2 is 1.69 bits per heavy atom. The van der Waals surface area contributed by atoms with E-state index < -0.39 is 0 Å². The summed E-state index contributed by atoms with van der Waals surface area (Å²) in [5.74, 6) is 0.561. The predicted octanol–water partition coefficient (Wildman–Crippen LogP) is 3.85. The summed E-state index contributed by atoms with van der Waals surface area (Å²) in [6.07, 6.45) is 1.51. The van der Waals surface area contributed by atoms with E-state index in [9.17, 15) is 4.79 Å².